The van der Waals surface area contributed by atoms with Gasteiger partial charge in [0.15, 0.2) is 0 Å². The smallest absolute Gasteiger partial charge is 0.123 e. The lowest BCUT2D eigenvalue weighted by molar-refractivity contribution is 0.562. The summed E-state index contributed by atoms with van der Waals surface area (Å²) in [5.41, 5.74) is 3.08. The average molecular weight is 348 g/mol. The summed E-state index contributed by atoms with van der Waals surface area (Å²) in [6.45, 7) is 4.87. The third kappa shape index (κ3) is 3.77. The molecular formula is C16H18ClN5S. The Morgan fingerprint density at radius 2 is 2.04 bits per heavy atom. The second kappa shape index (κ2) is 6.78. The Morgan fingerprint density at radius 1 is 1.30 bits per heavy atom. The van der Waals surface area contributed by atoms with E-state index in [1.54, 1.807) is 22.3 Å². The summed E-state index contributed by atoms with van der Waals surface area (Å²) < 4.78 is 0. The second-order valence-corrected chi connectivity index (χ2v) is 6.87. The lowest BCUT2D eigenvalue weighted by atomic mass is 10.2. The Hall–Kier alpha value is -1.76. The molecule has 0 radical (unpaired) electrons. The van der Waals surface area contributed by atoms with Gasteiger partial charge in [-0.1, -0.05) is 23.7 Å². The van der Waals surface area contributed by atoms with E-state index >= 15 is 0 Å². The van der Waals surface area contributed by atoms with Crippen LogP contribution in [0.3, 0.4) is 0 Å². The third-order valence-corrected chi connectivity index (χ3v) is 5.19. The van der Waals surface area contributed by atoms with E-state index < -0.39 is 0 Å². The molecule has 0 saturated carbocycles. The van der Waals surface area contributed by atoms with Gasteiger partial charge in [0.1, 0.15) is 5.01 Å². The van der Waals surface area contributed by atoms with E-state index in [1.807, 2.05) is 38.2 Å². The van der Waals surface area contributed by atoms with Crippen LogP contribution in [0.1, 0.15) is 29.2 Å². The molecule has 23 heavy (non-hydrogen) atoms. The molecule has 0 fully saturated rings. The van der Waals surface area contributed by atoms with Crippen LogP contribution in [-0.2, 0) is 13.6 Å². The molecule has 1 atom stereocenters. The minimum Gasteiger partial charge on any atom is -0.304 e. The predicted molar refractivity (Wildman–Crippen MR) is 93.6 cm³/mol. The molecule has 2 aromatic heterocycles. The fourth-order valence-corrected chi connectivity index (χ4v) is 3.57. The number of hydrogen-bond acceptors (Lipinski definition) is 5. The first-order valence-electron chi connectivity index (χ1n) is 7.35. The maximum atomic E-state index is 5.95. The van der Waals surface area contributed by atoms with Crippen molar-refractivity contribution in [2.75, 3.05) is 0 Å². The van der Waals surface area contributed by atoms with Gasteiger partial charge in [-0.2, -0.15) is 15.0 Å². The zero-order chi connectivity index (χ0) is 16.4. The van der Waals surface area contributed by atoms with Crippen LogP contribution >= 0.6 is 22.9 Å². The van der Waals surface area contributed by atoms with Crippen molar-refractivity contribution in [1.82, 2.24) is 25.3 Å². The van der Waals surface area contributed by atoms with Crippen LogP contribution in [0.2, 0.25) is 5.02 Å². The first-order chi connectivity index (χ1) is 11.0. The SMILES string of the molecule is Cc1nc(-c2ccc(Cl)cc2)sc1[C@@H](C)NCc1cnn(C)n1. The van der Waals surface area contributed by atoms with Gasteiger partial charge >= 0.3 is 0 Å². The number of nitrogens with zero attached hydrogens (tertiary/aromatic N) is 4. The second-order valence-electron chi connectivity index (χ2n) is 5.40. The molecule has 1 N–H and O–H groups in total. The summed E-state index contributed by atoms with van der Waals surface area (Å²) in [6.07, 6.45) is 1.78. The Kier molecular flexibility index (Phi) is 4.75. The molecule has 5 nitrogen and oxygen atoms in total. The van der Waals surface area contributed by atoms with Crippen molar-refractivity contribution < 1.29 is 0 Å². The summed E-state index contributed by atoms with van der Waals surface area (Å²) in [4.78, 5) is 7.50. The van der Waals surface area contributed by atoms with Crippen molar-refractivity contribution in [1.29, 1.82) is 0 Å². The molecule has 2 heterocycles. The van der Waals surface area contributed by atoms with E-state index in [4.69, 9.17) is 16.6 Å². The number of aromatic nitrogens is 4. The topological polar surface area (TPSA) is 55.6 Å². The van der Waals surface area contributed by atoms with Gasteiger partial charge in [0.05, 0.1) is 17.6 Å². The predicted octanol–water partition coefficient (Wildman–Crippen LogP) is 3.75. The number of hydrogen-bond donors (Lipinski definition) is 1. The van der Waals surface area contributed by atoms with Crippen molar-refractivity contribution in [3.63, 3.8) is 0 Å². The molecule has 0 unspecified atom stereocenters. The van der Waals surface area contributed by atoms with Crippen molar-refractivity contribution in [3.05, 3.63) is 51.7 Å². The highest BCUT2D eigenvalue weighted by molar-refractivity contribution is 7.15. The monoisotopic (exact) mass is 347 g/mol. The van der Waals surface area contributed by atoms with E-state index in [1.165, 1.54) is 4.88 Å². The van der Waals surface area contributed by atoms with E-state index in [9.17, 15) is 0 Å². The quantitative estimate of drug-likeness (QED) is 0.763. The molecule has 120 valence electrons. The van der Waals surface area contributed by atoms with Crippen LogP contribution in [0.5, 0.6) is 0 Å². The van der Waals surface area contributed by atoms with Gasteiger partial charge < -0.3 is 5.32 Å². The van der Waals surface area contributed by atoms with Gasteiger partial charge in [-0.3, -0.25) is 0 Å². The zero-order valence-corrected chi connectivity index (χ0v) is 14.8. The molecule has 0 amide bonds. The third-order valence-electron chi connectivity index (χ3n) is 3.55. The molecule has 0 spiro atoms. The lowest BCUT2D eigenvalue weighted by Crippen LogP contribution is -2.18. The van der Waals surface area contributed by atoms with E-state index in [0.29, 0.717) is 6.54 Å². The average Bonchev–Trinajstić information content (AvgIpc) is 3.11. The van der Waals surface area contributed by atoms with Crippen LogP contribution in [0.25, 0.3) is 10.6 Å². The molecule has 0 bridgehead atoms. The van der Waals surface area contributed by atoms with Gasteiger partial charge in [0.2, 0.25) is 0 Å². The molecule has 3 aromatic rings. The van der Waals surface area contributed by atoms with Crippen molar-refractivity contribution in [2.45, 2.75) is 26.4 Å². The highest BCUT2D eigenvalue weighted by atomic mass is 35.5. The largest absolute Gasteiger partial charge is 0.304 e. The van der Waals surface area contributed by atoms with Gasteiger partial charge in [-0.05, 0) is 26.0 Å². The molecule has 0 aliphatic heterocycles. The van der Waals surface area contributed by atoms with E-state index in [2.05, 4.69) is 22.4 Å². The van der Waals surface area contributed by atoms with Gasteiger partial charge in [-0.15, -0.1) is 11.3 Å². The fraction of sp³-hybridized carbons (Fsp3) is 0.312. The number of nitrogens with one attached hydrogen (secondary N) is 1. The maximum absolute atomic E-state index is 5.95. The number of halogens is 1. The summed E-state index contributed by atoms with van der Waals surface area (Å²) >= 11 is 7.66. The normalized spacial score (nSPS) is 12.5. The fourth-order valence-electron chi connectivity index (χ4n) is 2.34. The van der Waals surface area contributed by atoms with Crippen LogP contribution in [0.4, 0.5) is 0 Å². The number of rotatable bonds is 5. The summed E-state index contributed by atoms with van der Waals surface area (Å²) in [5, 5.41) is 13.6. The van der Waals surface area contributed by atoms with Gasteiger partial charge in [0, 0.05) is 35.1 Å². The molecule has 1 aromatic carbocycles. The number of aryl methyl sites for hydroxylation is 2. The Balaban J connectivity index is 1.73. The minimum absolute atomic E-state index is 0.204. The van der Waals surface area contributed by atoms with Gasteiger partial charge in [0.25, 0.3) is 0 Å². The maximum Gasteiger partial charge on any atom is 0.123 e. The van der Waals surface area contributed by atoms with Crippen LogP contribution < -0.4 is 5.32 Å². The summed E-state index contributed by atoms with van der Waals surface area (Å²) in [7, 11) is 1.82. The Bertz CT molecular complexity index is 793. The summed E-state index contributed by atoms with van der Waals surface area (Å²) in [5.74, 6) is 0. The van der Waals surface area contributed by atoms with Crippen molar-refractivity contribution in [2.24, 2.45) is 7.05 Å². The first-order valence-corrected chi connectivity index (χ1v) is 8.54. The van der Waals surface area contributed by atoms with Crippen LogP contribution in [-0.4, -0.2) is 20.0 Å². The number of benzene rings is 1. The minimum atomic E-state index is 0.204. The molecule has 7 heteroatoms. The first kappa shape index (κ1) is 16.1. The van der Waals surface area contributed by atoms with Crippen molar-refractivity contribution in [3.8, 4) is 10.6 Å². The van der Waals surface area contributed by atoms with Gasteiger partial charge in [-0.25, -0.2) is 4.98 Å². The zero-order valence-electron chi connectivity index (χ0n) is 13.2. The molecule has 3 rings (SSSR count). The number of thiazole rings is 1. The van der Waals surface area contributed by atoms with E-state index in [0.717, 1.165) is 27.0 Å². The molecular weight excluding hydrogens is 330 g/mol. The molecule has 0 aliphatic carbocycles. The van der Waals surface area contributed by atoms with Crippen molar-refractivity contribution >= 4 is 22.9 Å². The van der Waals surface area contributed by atoms with Crippen LogP contribution in [0, 0.1) is 6.92 Å². The van der Waals surface area contributed by atoms with E-state index in [-0.39, 0.29) is 6.04 Å². The molecule has 0 saturated heterocycles. The van der Waals surface area contributed by atoms with Crippen LogP contribution in [0.15, 0.2) is 30.5 Å². The molecule has 0 aliphatic rings. The lowest BCUT2D eigenvalue weighted by Gasteiger charge is -2.11. The summed E-state index contributed by atoms with van der Waals surface area (Å²) in [6, 6.07) is 7.99. The highest BCUT2D eigenvalue weighted by Gasteiger charge is 2.15. The Labute approximate surface area is 144 Å². The Morgan fingerprint density at radius 3 is 2.70 bits per heavy atom. The highest BCUT2D eigenvalue weighted by Crippen LogP contribution is 2.32. The standard InChI is InChI=1S/C16H18ClN5S/c1-10(18-8-14-9-19-22(3)21-14)15-11(2)20-16(23-15)12-4-6-13(17)7-5-12/h4-7,9-10,18H,8H2,1-3H3/t10-/m1/s1.